The van der Waals surface area contributed by atoms with Crippen molar-refractivity contribution in [1.82, 2.24) is 0 Å². The Morgan fingerprint density at radius 1 is 0.846 bits per heavy atom. The summed E-state index contributed by atoms with van der Waals surface area (Å²) in [5.74, 6) is 2.83. The molecular weight excluding hydrogens is 478 g/mol. The molecule has 0 spiro atoms. The summed E-state index contributed by atoms with van der Waals surface area (Å²) in [6.07, 6.45) is 2.54. The molecule has 2 aliphatic heterocycles. The van der Waals surface area contributed by atoms with Crippen LogP contribution in [0.15, 0.2) is 97.1 Å². The highest BCUT2D eigenvalue weighted by Gasteiger charge is 2.78. The van der Waals surface area contributed by atoms with Crippen LogP contribution in [0.1, 0.15) is 43.4 Å². The van der Waals surface area contributed by atoms with Gasteiger partial charge in [-0.1, -0.05) is 91.9 Å². The SMILES string of the molecule is COc1ccc(CO[C@]2(c3ccccc3)C[N@+]3(Cc4cccc5ccccc45)C[C@@H](C)[C@@H]4CC[C@H]2[C@@]43C)cc1. The van der Waals surface area contributed by atoms with Gasteiger partial charge in [-0.15, -0.1) is 0 Å². The second-order valence-electron chi connectivity index (χ2n) is 12.6. The number of ether oxygens (including phenoxy) is 2. The lowest BCUT2D eigenvalue weighted by molar-refractivity contribution is -0.968. The standard InChI is InChI=1S/C36H40NO2/c1-26-22-37(23-29-12-9-11-28-10-7-8-15-32(28)29)25-36(30-13-5-4-6-14-30,34-21-20-33(26)35(34,37)2)39-24-27-16-18-31(38-3)19-17-27/h4-19,26,33-34H,20-25H2,1-3H3/q+1/t26-,33+,34+,35-,36+,37-/m1/s1. The van der Waals surface area contributed by atoms with Crippen molar-refractivity contribution in [2.75, 3.05) is 20.2 Å². The first kappa shape index (κ1) is 24.9. The minimum atomic E-state index is -0.310. The van der Waals surface area contributed by atoms with Crippen LogP contribution in [0.4, 0.5) is 0 Å². The van der Waals surface area contributed by atoms with Crippen LogP contribution in [0, 0.1) is 17.8 Å². The van der Waals surface area contributed by atoms with E-state index in [0.29, 0.717) is 12.5 Å². The number of hydrogen-bond acceptors (Lipinski definition) is 2. The van der Waals surface area contributed by atoms with Crippen LogP contribution in [0.25, 0.3) is 10.8 Å². The lowest BCUT2D eigenvalue weighted by atomic mass is 9.73. The summed E-state index contributed by atoms with van der Waals surface area (Å²) in [6.45, 7) is 9.07. The third-order valence-corrected chi connectivity index (χ3v) is 10.9. The Balaban J connectivity index is 1.34. The largest absolute Gasteiger partial charge is 0.497 e. The maximum Gasteiger partial charge on any atom is 0.151 e. The lowest BCUT2D eigenvalue weighted by Crippen LogP contribution is -2.57. The third kappa shape index (κ3) is 3.63. The molecule has 3 heteroatoms. The monoisotopic (exact) mass is 518 g/mol. The van der Waals surface area contributed by atoms with Gasteiger partial charge in [0.1, 0.15) is 24.4 Å². The van der Waals surface area contributed by atoms with Crippen molar-refractivity contribution in [1.29, 1.82) is 0 Å². The highest BCUT2D eigenvalue weighted by atomic mass is 16.5. The zero-order valence-electron chi connectivity index (χ0n) is 23.5. The van der Waals surface area contributed by atoms with Gasteiger partial charge >= 0.3 is 0 Å². The lowest BCUT2D eigenvalue weighted by Gasteiger charge is -2.44. The van der Waals surface area contributed by atoms with Gasteiger partial charge < -0.3 is 14.0 Å². The van der Waals surface area contributed by atoms with Crippen LogP contribution in [0.3, 0.4) is 0 Å². The smallest absolute Gasteiger partial charge is 0.151 e. The molecule has 2 heterocycles. The molecule has 0 aromatic heterocycles. The highest BCUT2D eigenvalue weighted by Crippen LogP contribution is 2.68. The van der Waals surface area contributed by atoms with Crippen molar-refractivity contribution in [3.05, 3.63) is 114 Å². The van der Waals surface area contributed by atoms with E-state index in [2.05, 4.69) is 98.8 Å². The molecule has 1 saturated carbocycles. The van der Waals surface area contributed by atoms with Crippen LogP contribution in [0.2, 0.25) is 0 Å². The Morgan fingerprint density at radius 2 is 1.59 bits per heavy atom. The molecule has 3 fully saturated rings. The van der Waals surface area contributed by atoms with Gasteiger partial charge in [0.05, 0.1) is 26.2 Å². The van der Waals surface area contributed by atoms with E-state index >= 15 is 0 Å². The van der Waals surface area contributed by atoms with Crippen molar-refractivity contribution in [3.8, 4) is 5.75 Å². The zero-order valence-corrected chi connectivity index (χ0v) is 23.5. The van der Waals surface area contributed by atoms with Crippen molar-refractivity contribution in [2.24, 2.45) is 17.8 Å². The fourth-order valence-electron chi connectivity index (χ4n) is 9.33. The molecule has 7 rings (SSSR count). The zero-order chi connectivity index (χ0) is 26.7. The number of fused-ring (bicyclic) bond motifs is 1. The third-order valence-electron chi connectivity index (χ3n) is 10.9. The fourth-order valence-corrected chi connectivity index (χ4v) is 9.33. The summed E-state index contributed by atoms with van der Waals surface area (Å²) in [5, 5.41) is 2.74. The van der Waals surface area contributed by atoms with E-state index in [4.69, 9.17) is 9.47 Å². The molecule has 0 radical (unpaired) electrons. The van der Waals surface area contributed by atoms with Gasteiger partial charge in [0.25, 0.3) is 0 Å². The Labute approximate surface area is 233 Å². The molecule has 3 aliphatic rings. The van der Waals surface area contributed by atoms with Gasteiger partial charge in [-0.3, -0.25) is 0 Å². The molecule has 200 valence electrons. The molecular formula is C36H40NO2+. The van der Waals surface area contributed by atoms with Crippen LogP contribution < -0.4 is 4.74 Å². The first-order valence-corrected chi connectivity index (χ1v) is 14.6. The maximum atomic E-state index is 7.30. The number of quaternary nitrogens is 1. The fraction of sp³-hybridized carbons (Fsp3) is 0.389. The molecule has 4 aromatic rings. The molecule has 4 aromatic carbocycles. The average molecular weight is 519 g/mol. The molecule has 39 heavy (non-hydrogen) atoms. The van der Waals surface area contributed by atoms with Gasteiger partial charge in [0, 0.05) is 17.4 Å². The molecule has 2 saturated heterocycles. The molecule has 1 aliphatic carbocycles. The van der Waals surface area contributed by atoms with Gasteiger partial charge in [-0.05, 0) is 53.8 Å². The van der Waals surface area contributed by atoms with E-state index in [-0.39, 0.29) is 11.1 Å². The van der Waals surface area contributed by atoms with Gasteiger partial charge in [0.15, 0.2) is 5.60 Å². The molecule has 0 bridgehead atoms. The van der Waals surface area contributed by atoms with Crippen molar-refractivity contribution in [2.45, 2.75) is 51.0 Å². The Morgan fingerprint density at radius 3 is 2.38 bits per heavy atom. The second-order valence-corrected chi connectivity index (χ2v) is 12.6. The highest BCUT2D eigenvalue weighted by molar-refractivity contribution is 5.85. The van der Waals surface area contributed by atoms with Crippen molar-refractivity contribution >= 4 is 10.8 Å². The topological polar surface area (TPSA) is 18.5 Å². The number of benzene rings is 4. The van der Waals surface area contributed by atoms with E-state index in [1.165, 1.54) is 46.8 Å². The predicted molar refractivity (Wildman–Crippen MR) is 157 cm³/mol. The summed E-state index contributed by atoms with van der Waals surface area (Å²) in [5.41, 5.74) is 3.91. The Bertz CT molecular complexity index is 1480. The Hall–Kier alpha value is -3.14. The summed E-state index contributed by atoms with van der Waals surface area (Å²) in [4.78, 5) is 0. The minimum absolute atomic E-state index is 0.187. The van der Waals surface area contributed by atoms with Crippen LogP contribution in [-0.2, 0) is 23.5 Å². The first-order valence-electron chi connectivity index (χ1n) is 14.6. The van der Waals surface area contributed by atoms with E-state index in [1.807, 2.05) is 12.1 Å². The van der Waals surface area contributed by atoms with Crippen molar-refractivity contribution < 1.29 is 14.0 Å². The summed E-state index contributed by atoms with van der Waals surface area (Å²) in [7, 11) is 1.72. The minimum Gasteiger partial charge on any atom is -0.497 e. The predicted octanol–water partition coefficient (Wildman–Crippen LogP) is 7.73. The Kier molecular flexibility index (Phi) is 5.88. The number of methoxy groups -OCH3 is 1. The molecule has 0 unspecified atom stereocenters. The molecule has 6 atom stereocenters. The van der Waals surface area contributed by atoms with Gasteiger partial charge in [-0.25, -0.2) is 0 Å². The molecule has 3 nitrogen and oxygen atoms in total. The van der Waals surface area contributed by atoms with Gasteiger partial charge in [-0.2, -0.15) is 0 Å². The number of nitrogens with zero attached hydrogens (tertiary/aromatic N) is 1. The van der Waals surface area contributed by atoms with E-state index in [1.54, 1.807) is 7.11 Å². The normalized spacial score (nSPS) is 32.9. The van der Waals surface area contributed by atoms with Crippen LogP contribution >= 0.6 is 0 Å². The maximum absolute atomic E-state index is 7.30. The van der Waals surface area contributed by atoms with Gasteiger partial charge in [0.2, 0.25) is 0 Å². The number of rotatable bonds is 7. The molecule has 0 N–H and O–H groups in total. The summed E-state index contributed by atoms with van der Waals surface area (Å²) < 4.78 is 13.8. The number of hydrogen-bond donors (Lipinski definition) is 0. The average Bonchev–Trinajstić information content (AvgIpc) is 3.52. The summed E-state index contributed by atoms with van der Waals surface area (Å²) >= 11 is 0. The van der Waals surface area contributed by atoms with E-state index < -0.39 is 0 Å². The van der Waals surface area contributed by atoms with Crippen molar-refractivity contribution in [3.63, 3.8) is 0 Å². The van der Waals surface area contributed by atoms with E-state index in [9.17, 15) is 0 Å². The van der Waals surface area contributed by atoms with Crippen LogP contribution in [0.5, 0.6) is 5.75 Å². The molecule has 0 amide bonds. The second kappa shape index (κ2) is 9.21. The quantitative estimate of drug-likeness (QED) is 0.233. The van der Waals surface area contributed by atoms with E-state index in [0.717, 1.165) is 35.2 Å². The first-order chi connectivity index (χ1) is 19.0. The van der Waals surface area contributed by atoms with Crippen LogP contribution in [-0.4, -0.2) is 30.2 Å². The summed E-state index contributed by atoms with van der Waals surface area (Å²) in [6, 6.07) is 35.4.